The minimum absolute atomic E-state index is 0.244. The summed E-state index contributed by atoms with van der Waals surface area (Å²) in [6, 6.07) is 6.10. The van der Waals surface area contributed by atoms with Gasteiger partial charge in [-0.05, 0) is 24.6 Å². The van der Waals surface area contributed by atoms with Crippen LogP contribution in [0.25, 0.3) is 0 Å². The number of nitriles is 1. The van der Waals surface area contributed by atoms with Crippen molar-refractivity contribution in [2.45, 2.75) is 19.8 Å². The van der Waals surface area contributed by atoms with Gasteiger partial charge in [0, 0.05) is 5.56 Å². The molecular weight excluding hydrogens is 271 g/mol. The summed E-state index contributed by atoms with van der Waals surface area (Å²) in [6.45, 7) is 2.01. The quantitative estimate of drug-likeness (QED) is 0.576. The second kappa shape index (κ2) is 6.63. The second-order valence-electron chi connectivity index (χ2n) is 4.38. The fraction of sp³-hybridized carbons (Fsp3) is 0.214. The van der Waals surface area contributed by atoms with Crippen LogP contribution in [0.5, 0.6) is 0 Å². The summed E-state index contributed by atoms with van der Waals surface area (Å²) in [6.07, 6.45) is 2.91. The van der Waals surface area contributed by atoms with Crippen molar-refractivity contribution in [3.63, 3.8) is 0 Å². The molecule has 0 saturated carbocycles. The van der Waals surface area contributed by atoms with Crippen LogP contribution in [-0.4, -0.2) is 9.97 Å². The first-order valence-electron chi connectivity index (χ1n) is 6.46. The zero-order valence-electron chi connectivity index (χ0n) is 11.5. The standard InChI is InChI=1S/C14H15FN6/c1-2-3-10-13(18-8-19-14(10)21-17)20-12-5-4-9(7-16)6-11(12)15/h4-6,8H,2-3,17H2,1H3,(H2,18,19,20,21). The van der Waals surface area contributed by atoms with Crippen molar-refractivity contribution in [1.82, 2.24) is 9.97 Å². The van der Waals surface area contributed by atoms with Crippen molar-refractivity contribution >= 4 is 17.3 Å². The second-order valence-corrected chi connectivity index (χ2v) is 4.38. The highest BCUT2D eigenvalue weighted by Crippen LogP contribution is 2.26. The van der Waals surface area contributed by atoms with Gasteiger partial charge in [-0.15, -0.1) is 0 Å². The fourth-order valence-corrected chi connectivity index (χ4v) is 1.94. The molecule has 0 bridgehead atoms. The number of benzene rings is 1. The normalized spacial score (nSPS) is 10.0. The molecule has 2 aromatic rings. The van der Waals surface area contributed by atoms with Gasteiger partial charge in [0.2, 0.25) is 0 Å². The summed E-state index contributed by atoms with van der Waals surface area (Å²) in [5, 5.41) is 11.7. The van der Waals surface area contributed by atoms with Gasteiger partial charge >= 0.3 is 0 Å². The Hall–Kier alpha value is -2.72. The topological polar surface area (TPSA) is 99.7 Å². The van der Waals surface area contributed by atoms with E-state index in [9.17, 15) is 4.39 Å². The largest absolute Gasteiger partial charge is 0.337 e. The van der Waals surface area contributed by atoms with E-state index in [1.165, 1.54) is 24.5 Å². The highest BCUT2D eigenvalue weighted by atomic mass is 19.1. The molecule has 1 aromatic carbocycles. The summed E-state index contributed by atoms with van der Waals surface area (Å²) < 4.78 is 13.9. The number of aromatic nitrogens is 2. The summed E-state index contributed by atoms with van der Waals surface area (Å²) in [7, 11) is 0. The number of halogens is 1. The first-order valence-corrected chi connectivity index (χ1v) is 6.46. The monoisotopic (exact) mass is 286 g/mol. The smallest absolute Gasteiger partial charge is 0.148 e. The summed E-state index contributed by atoms with van der Waals surface area (Å²) >= 11 is 0. The lowest BCUT2D eigenvalue weighted by Gasteiger charge is -2.14. The zero-order chi connectivity index (χ0) is 15.2. The van der Waals surface area contributed by atoms with E-state index < -0.39 is 5.82 Å². The zero-order valence-corrected chi connectivity index (χ0v) is 11.5. The van der Waals surface area contributed by atoms with E-state index in [4.69, 9.17) is 11.1 Å². The molecule has 0 amide bonds. The molecule has 0 aliphatic heterocycles. The molecule has 21 heavy (non-hydrogen) atoms. The average molecular weight is 286 g/mol. The van der Waals surface area contributed by atoms with Crippen molar-refractivity contribution in [2.24, 2.45) is 5.84 Å². The van der Waals surface area contributed by atoms with Crippen LogP contribution in [-0.2, 0) is 6.42 Å². The van der Waals surface area contributed by atoms with Crippen LogP contribution in [0, 0.1) is 17.1 Å². The molecule has 0 aliphatic carbocycles. The molecule has 2 rings (SSSR count). The first kappa shape index (κ1) is 14.7. The lowest BCUT2D eigenvalue weighted by atomic mass is 10.1. The van der Waals surface area contributed by atoms with Gasteiger partial charge in [-0.1, -0.05) is 13.3 Å². The average Bonchev–Trinajstić information content (AvgIpc) is 2.51. The van der Waals surface area contributed by atoms with E-state index >= 15 is 0 Å². The molecule has 0 radical (unpaired) electrons. The van der Waals surface area contributed by atoms with Crippen molar-refractivity contribution in [3.05, 3.63) is 41.5 Å². The predicted octanol–water partition coefficient (Wildman–Crippen LogP) is 2.47. The first-order chi connectivity index (χ1) is 10.2. The Kier molecular flexibility index (Phi) is 4.64. The summed E-state index contributed by atoms with van der Waals surface area (Å²) in [5.41, 5.74) is 3.80. The van der Waals surface area contributed by atoms with E-state index in [0.29, 0.717) is 18.1 Å². The molecule has 0 fully saturated rings. The van der Waals surface area contributed by atoms with Gasteiger partial charge in [0.05, 0.1) is 17.3 Å². The Bertz CT molecular complexity index is 680. The molecule has 6 nitrogen and oxygen atoms in total. The van der Waals surface area contributed by atoms with E-state index in [-0.39, 0.29) is 11.3 Å². The van der Waals surface area contributed by atoms with Gasteiger partial charge in [0.1, 0.15) is 23.8 Å². The molecule has 0 saturated heterocycles. The Morgan fingerprint density at radius 3 is 2.71 bits per heavy atom. The molecule has 4 N–H and O–H groups in total. The lowest BCUT2D eigenvalue weighted by molar-refractivity contribution is 0.631. The third-order valence-corrected chi connectivity index (χ3v) is 2.93. The number of nitrogens with zero attached hydrogens (tertiary/aromatic N) is 3. The molecular formula is C14H15FN6. The maximum absolute atomic E-state index is 13.9. The third kappa shape index (κ3) is 3.24. The Labute approximate surface area is 121 Å². The third-order valence-electron chi connectivity index (χ3n) is 2.93. The molecule has 0 aliphatic rings. The van der Waals surface area contributed by atoms with Crippen LogP contribution in [0.15, 0.2) is 24.5 Å². The van der Waals surface area contributed by atoms with Crippen molar-refractivity contribution in [3.8, 4) is 6.07 Å². The minimum Gasteiger partial charge on any atom is -0.337 e. The van der Waals surface area contributed by atoms with Crippen LogP contribution < -0.4 is 16.6 Å². The highest BCUT2D eigenvalue weighted by Gasteiger charge is 2.12. The van der Waals surface area contributed by atoms with E-state index in [1.54, 1.807) is 0 Å². The maximum atomic E-state index is 13.9. The van der Waals surface area contributed by atoms with Gasteiger partial charge in [-0.3, -0.25) is 0 Å². The Morgan fingerprint density at radius 2 is 2.10 bits per heavy atom. The number of nitrogens with one attached hydrogen (secondary N) is 2. The van der Waals surface area contributed by atoms with Crippen LogP contribution in [0.1, 0.15) is 24.5 Å². The fourth-order valence-electron chi connectivity index (χ4n) is 1.94. The van der Waals surface area contributed by atoms with E-state index in [0.717, 1.165) is 12.0 Å². The van der Waals surface area contributed by atoms with Gasteiger partial charge in [-0.2, -0.15) is 5.26 Å². The van der Waals surface area contributed by atoms with Crippen LogP contribution in [0.3, 0.4) is 0 Å². The number of hydrazine groups is 1. The summed E-state index contributed by atoms with van der Waals surface area (Å²) in [5.74, 6) is 5.91. The molecule has 7 heteroatoms. The Balaban J connectivity index is 2.37. The minimum atomic E-state index is -0.516. The number of nitrogen functional groups attached to an aromatic ring is 1. The molecule has 108 valence electrons. The number of nitrogens with two attached hydrogens (primary N) is 1. The molecule has 0 atom stereocenters. The number of anilines is 3. The highest BCUT2D eigenvalue weighted by molar-refractivity contribution is 5.65. The summed E-state index contributed by atoms with van der Waals surface area (Å²) in [4.78, 5) is 8.18. The van der Waals surface area contributed by atoms with E-state index in [1.807, 2.05) is 13.0 Å². The maximum Gasteiger partial charge on any atom is 0.148 e. The number of hydrogen-bond acceptors (Lipinski definition) is 6. The lowest BCUT2D eigenvalue weighted by Crippen LogP contribution is -2.13. The van der Waals surface area contributed by atoms with Gasteiger partial charge < -0.3 is 10.7 Å². The number of hydrogen-bond donors (Lipinski definition) is 3. The van der Waals surface area contributed by atoms with E-state index in [2.05, 4.69) is 20.7 Å². The van der Waals surface area contributed by atoms with Gasteiger partial charge in [0.25, 0.3) is 0 Å². The van der Waals surface area contributed by atoms with Crippen molar-refractivity contribution < 1.29 is 4.39 Å². The van der Waals surface area contributed by atoms with Crippen LogP contribution in [0.2, 0.25) is 0 Å². The molecule has 1 heterocycles. The van der Waals surface area contributed by atoms with Crippen molar-refractivity contribution in [1.29, 1.82) is 5.26 Å². The van der Waals surface area contributed by atoms with Crippen LogP contribution in [0.4, 0.5) is 21.7 Å². The number of rotatable bonds is 5. The Morgan fingerprint density at radius 1 is 1.33 bits per heavy atom. The van der Waals surface area contributed by atoms with Gasteiger partial charge in [0.15, 0.2) is 0 Å². The molecule has 1 aromatic heterocycles. The van der Waals surface area contributed by atoms with Gasteiger partial charge in [-0.25, -0.2) is 20.2 Å². The van der Waals surface area contributed by atoms with Crippen LogP contribution >= 0.6 is 0 Å². The predicted molar refractivity (Wildman–Crippen MR) is 78.2 cm³/mol. The SMILES string of the molecule is CCCc1c(NN)ncnc1Nc1ccc(C#N)cc1F. The van der Waals surface area contributed by atoms with Crippen molar-refractivity contribution in [2.75, 3.05) is 10.7 Å². The molecule has 0 unspecified atom stereocenters. The molecule has 0 spiro atoms.